The SMILES string of the molecule is CC1(C)C(C)(C)C1(C)c1cccc(Oc2ccccc2)c1.COC(=O)C1C(C=C2CCOC2=O)C1(C)C. The van der Waals surface area contributed by atoms with Gasteiger partial charge in [0, 0.05) is 17.4 Å². The molecule has 0 radical (unpaired) electrons. The highest BCUT2D eigenvalue weighted by Gasteiger charge is 2.74. The topological polar surface area (TPSA) is 61.8 Å². The predicted octanol–water partition coefficient (Wildman–Crippen LogP) is 7.11. The number of esters is 2. The van der Waals surface area contributed by atoms with E-state index in [1.165, 1.54) is 12.7 Å². The van der Waals surface area contributed by atoms with Crippen molar-refractivity contribution in [1.82, 2.24) is 0 Å². The van der Waals surface area contributed by atoms with E-state index in [9.17, 15) is 9.59 Å². The van der Waals surface area contributed by atoms with Crippen LogP contribution in [0.5, 0.6) is 11.5 Å². The number of rotatable bonds is 5. The van der Waals surface area contributed by atoms with Crippen LogP contribution in [0.15, 0.2) is 66.2 Å². The fraction of sp³-hybridized carbons (Fsp3) is 0.500. The first-order valence-corrected chi connectivity index (χ1v) is 13.1. The fourth-order valence-corrected chi connectivity index (χ4v) is 6.19. The minimum absolute atomic E-state index is 0.0978. The zero-order chi connectivity index (χ0) is 27.2. The number of ether oxygens (including phenoxy) is 3. The maximum Gasteiger partial charge on any atom is 0.333 e. The van der Waals surface area contributed by atoms with Gasteiger partial charge in [-0.1, -0.05) is 84.9 Å². The number of para-hydroxylation sites is 1. The van der Waals surface area contributed by atoms with Crippen molar-refractivity contribution in [2.45, 2.75) is 60.3 Å². The van der Waals surface area contributed by atoms with E-state index < -0.39 is 0 Å². The van der Waals surface area contributed by atoms with Crippen molar-refractivity contribution in [3.05, 3.63) is 71.8 Å². The van der Waals surface area contributed by atoms with Gasteiger partial charge >= 0.3 is 11.9 Å². The van der Waals surface area contributed by atoms with E-state index >= 15 is 0 Å². The molecule has 2 aromatic rings. The van der Waals surface area contributed by atoms with Crippen molar-refractivity contribution < 1.29 is 23.8 Å². The molecule has 1 aliphatic heterocycles. The van der Waals surface area contributed by atoms with Crippen molar-refractivity contribution in [3.8, 4) is 11.5 Å². The van der Waals surface area contributed by atoms with E-state index in [0.29, 0.717) is 29.4 Å². The van der Waals surface area contributed by atoms with Crippen LogP contribution in [0, 0.1) is 28.1 Å². The van der Waals surface area contributed by atoms with Gasteiger partial charge in [0.1, 0.15) is 11.5 Å². The van der Waals surface area contributed by atoms with E-state index in [-0.39, 0.29) is 34.6 Å². The second-order valence-corrected chi connectivity index (χ2v) is 12.2. The molecule has 5 rings (SSSR count). The van der Waals surface area contributed by atoms with Gasteiger partial charge < -0.3 is 14.2 Å². The summed E-state index contributed by atoms with van der Waals surface area (Å²) in [5.74, 6) is 1.33. The predicted molar refractivity (Wildman–Crippen MR) is 144 cm³/mol. The molecule has 0 aromatic heterocycles. The van der Waals surface area contributed by atoms with Crippen molar-refractivity contribution in [3.63, 3.8) is 0 Å². The lowest BCUT2D eigenvalue weighted by atomic mass is 9.88. The van der Waals surface area contributed by atoms with Crippen LogP contribution in [0.4, 0.5) is 0 Å². The number of methoxy groups -OCH3 is 1. The quantitative estimate of drug-likeness (QED) is 0.321. The summed E-state index contributed by atoms with van der Waals surface area (Å²) in [5.41, 5.74) is 2.74. The minimum atomic E-state index is -0.244. The van der Waals surface area contributed by atoms with Gasteiger partial charge in [0.15, 0.2) is 0 Å². The summed E-state index contributed by atoms with van der Waals surface area (Å²) in [5, 5.41) is 0. The van der Waals surface area contributed by atoms with Crippen LogP contribution < -0.4 is 4.74 Å². The van der Waals surface area contributed by atoms with Gasteiger partial charge in [-0.2, -0.15) is 0 Å². The lowest BCUT2D eigenvalue weighted by molar-refractivity contribution is -0.143. The minimum Gasteiger partial charge on any atom is -0.469 e. The first-order valence-electron chi connectivity index (χ1n) is 13.1. The second kappa shape index (κ2) is 9.34. The summed E-state index contributed by atoms with van der Waals surface area (Å²) in [6.45, 7) is 16.3. The Morgan fingerprint density at radius 2 is 1.54 bits per heavy atom. The van der Waals surface area contributed by atoms with Crippen LogP contribution in [0.25, 0.3) is 0 Å². The van der Waals surface area contributed by atoms with Crippen molar-refractivity contribution in [2.24, 2.45) is 28.1 Å². The molecule has 2 unspecified atom stereocenters. The number of benzene rings is 2. The average Bonchev–Trinajstić information content (AvgIpc) is 3.34. The summed E-state index contributed by atoms with van der Waals surface area (Å²) in [6.07, 6.45) is 2.54. The summed E-state index contributed by atoms with van der Waals surface area (Å²) in [4.78, 5) is 22.8. The molecule has 2 atom stereocenters. The smallest absolute Gasteiger partial charge is 0.333 e. The van der Waals surface area contributed by atoms with Crippen LogP contribution in [-0.2, 0) is 24.5 Å². The third-order valence-corrected chi connectivity index (χ3v) is 10.0. The number of allylic oxidation sites excluding steroid dienone is 1. The Morgan fingerprint density at radius 3 is 2.08 bits per heavy atom. The van der Waals surface area contributed by atoms with Gasteiger partial charge in [0.25, 0.3) is 0 Å². The third kappa shape index (κ3) is 4.47. The molecule has 1 saturated heterocycles. The number of carbonyl (C=O) groups excluding carboxylic acids is 2. The number of carbonyl (C=O) groups is 2. The Balaban J connectivity index is 0.000000180. The maximum atomic E-state index is 11.5. The summed E-state index contributed by atoms with van der Waals surface area (Å²) in [6, 6.07) is 18.5. The number of cyclic esters (lactones) is 1. The van der Waals surface area contributed by atoms with Crippen LogP contribution in [0.3, 0.4) is 0 Å². The highest BCUT2D eigenvalue weighted by atomic mass is 16.5. The molecule has 2 saturated carbocycles. The van der Waals surface area contributed by atoms with Crippen molar-refractivity contribution in [1.29, 1.82) is 0 Å². The van der Waals surface area contributed by atoms with Crippen molar-refractivity contribution >= 4 is 11.9 Å². The molecule has 37 heavy (non-hydrogen) atoms. The summed E-state index contributed by atoms with van der Waals surface area (Å²) >= 11 is 0. The molecule has 0 spiro atoms. The average molecular weight is 505 g/mol. The second-order valence-electron chi connectivity index (χ2n) is 12.2. The van der Waals surface area contributed by atoms with E-state index in [4.69, 9.17) is 14.2 Å². The van der Waals surface area contributed by atoms with Crippen molar-refractivity contribution in [2.75, 3.05) is 13.7 Å². The Morgan fingerprint density at radius 1 is 0.919 bits per heavy atom. The molecule has 3 fully saturated rings. The monoisotopic (exact) mass is 504 g/mol. The molecule has 198 valence electrons. The summed E-state index contributed by atoms with van der Waals surface area (Å²) < 4.78 is 15.6. The van der Waals surface area contributed by atoms with E-state index in [0.717, 1.165) is 11.5 Å². The zero-order valence-corrected chi connectivity index (χ0v) is 23.4. The molecule has 2 aromatic carbocycles. The van der Waals surface area contributed by atoms with Gasteiger partial charge in [0.2, 0.25) is 0 Å². The molecular formula is C32H40O5. The fourth-order valence-electron chi connectivity index (χ4n) is 6.19. The Kier molecular flexibility index (Phi) is 6.81. The van der Waals surface area contributed by atoms with Crippen LogP contribution in [-0.4, -0.2) is 25.7 Å². The standard InChI is InChI=1S/C20H24O.C12H16O4/c1-18(2)19(3,4)20(18,5)15-10-9-13-17(14-15)21-16-11-7-6-8-12-16;1-12(2)8(9(12)11(14)15-3)6-7-4-5-16-10(7)13/h6-14H,1-5H3;6,8-9H,4-5H2,1-3H3. The lowest BCUT2D eigenvalue weighted by Crippen LogP contribution is -2.11. The first kappa shape index (κ1) is 27.0. The molecule has 0 amide bonds. The summed E-state index contributed by atoms with van der Waals surface area (Å²) in [7, 11) is 1.39. The highest BCUT2D eigenvalue weighted by Crippen LogP contribution is 2.77. The van der Waals surface area contributed by atoms with Gasteiger partial charge in [-0.15, -0.1) is 0 Å². The van der Waals surface area contributed by atoms with Gasteiger partial charge in [0.05, 0.1) is 19.6 Å². The first-order chi connectivity index (χ1) is 17.3. The van der Waals surface area contributed by atoms with E-state index in [1.807, 2.05) is 56.3 Å². The molecule has 3 aliphatic rings. The highest BCUT2D eigenvalue weighted by molar-refractivity contribution is 5.90. The maximum absolute atomic E-state index is 11.5. The lowest BCUT2D eigenvalue weighted by Gasteiger charge is -2.17. The van der Waals surface area contributed by atoms with Gasteiger partial charge in [-0.25, -0.2) is 4.79 Å². The molecule has 2 aliphatic carbocycles. The zero-order valence-electron chi connectivity index (χ0n) is 23.4. The van der Waals surface area contributed by atoms with E-state index in [2.05, 4.69) is 52.8 Å². The number of hydrogen-bond acceptors (Lipinski definition) is 5. The van der Waals surface area contributed by atoms with Crippen LogP contribution in [0.2, 0.25) is 0 Å². The molecule has 1 heterocycles. The van der Waals surface area contributed by atoms with E-state index in [1.54, 1.807) is 0 Å². The molecule has 5 nitrogen and oxygen atoms in total. The normalized spacial score (nSPS) is 26.4. The molecule has 0 N–H and O–H groups in total. The molecular weight excluding hydrogens is 464 g/mol. The Labute approximate surface area is 221 Å². The van der Waals surface area contributed by atoms with Gasteiger partial charge in [-0.05, 0) is 52.0 Å². The Bertz CT molecular complexity index is 1190. The van der Waals surface area contributed by atoms with Crippen LogP contribution >= 0.6 is 0 Å². The number of hydrogen-bond donors (Lipinski definition) is 0. The largest absolute Gasteiger partial charge is 0.469 e. The van der Waals surface area contributed by atoms with Crippen LogP contribution in [0.1, 0.15) is 60.5 Å². The molecule has 0 bridgehead atoms. The Hall–Kier alpha value is -3.08. The third-order valence-electron chi connectivity index (χ3n) is 10.0. The van der Waals surface area contributed by atoms with Gasteiger partial charge in [-0.3, -0.25) is 4.79 Å². The molecule has 5 heteroatoms.